The van der Waals surface area contributed by atoms with Crippen LogP contribution in [0.25, 0.3) is 0 Å². The lowest BCUT2D eigenvalue weighted by atomic mass is 10.2. The second kappa shape index (κ2) is 5.92. The smallest absolute Gasteiger partial charge is 0.323 e. The van der Waals surface area contributed by atoms with Gasteiger partial charge in [0.15, 0.2) is 0 Å². The summed E-state index contributed by atoms with van der Waals surface area (Å²) in [7, 11) is -2.68. The molecule has 1 unspecified atom stereocenters. The normalized spacial score (nSPS) is 13.1. The summed E-state index contributed by atoms with van der Waals surface area (Å²) in [6.45, 7) is 1.65. The SMILES string of the molecule is CCC(NS(=O)(=O)c1ccc(F)cc1)C(=O)OC. The summed E-state index contributed by atoms with van der Waals surface area (Å²) in [6.07, 6.45) is 0.257. The van der Waals surface area contributed by atoms with Gasteiger partial charge in [0.25, 0.3) is 0 Å². The number of methoxy groups -OCH3 is 1. The van der Waals surface area contributed by atoms with Crippen molar-refractivity contribution in [2.75, 3.05) is 7.11 Å². The minimum atomic E-state index is -3.86. The molecule has 0 fully saturated rings. The zero-order valence-electron chi connectivity index (χ0n) is 10.0. The van der Waals surface area contributed by atoms with E-state index in [1.807, 2.05) is 0 Å². The predicted octanol–water partition coefficient (Wildman–Crippen LogP) is 1.06. The number of ether oxygens (including phenoxy) is 1. The van der Waals surface area contributed by atoms with Crippen LogP contribution in [0, 0.1) is 5.82 Å². The quantitative estimate of drug-likeness (QED) is 0.815. The monoisotopic (exact) mass is 275 g/mol. The Morgan fingerprint density at radius 2 is 1.94 bits per heavy atom. The van der Waals surface area contributed by atoms with Crippen molar-refractivity contribution in [3.05, 3.63) is 30.1 Å². The van der Waals surface area contributed by atoms with E-state index in [1.54, 1.807) is 6.92 Å². The van der Waals surface area contributed by atoms with Crippen LogP contribution in [0.5, 0.6) is 0 Å². The van der Waals surface area contributed by atoms with E-state index in [9.17, 15) is 17.6 Å². The van der Waals surface area contributed by atoms with Crippen LogP contribution in [0.4, 0.5) is 4.39 Å². The van der Waals surface area contributed by atoms with Crippen LogP contribution in [0.15, 0.2) is 29.2 Å². The highest BCUT2D eigenvalue weighted by atomic mass is 32.2. The van der Waals surface area contributed by atoms with Crippen molar-refractivity contribution in [2.45, 2.75) is 24.3 Å². The van der Waals surface area contributed by atoms with E-state index >= 15 is 0 Å². The zero-order valence-corrected chi connectivity index (χ0v) is 10.8. The first kappa shape index (κ1) is 14.6. The number of rotatable bonds is 5. The summed E-state index contributed by atoms with van der Waals surface area (Å²) in [5, 5.41) is 0. The fourth-order valence-electron chi connectivity index (χ4n) is 1.31. The summed E-state index contributed by atoms with van der Waals surface area (Å²) in [6, 6.07) is 3.37. The summed E-state index contributed by atoms with van der Waals surface area (Å²) in [5.41, 5.74) is 0. The van der Waals surface area contributed by atoms with E-state index < -0.39 is 27.9 Å². The number of sulfonamides is 1. The minimum Gasteiger partial charge on any atom is -0.468 e. The molecule has 1 N–H and O–H groups in total. The van der Waals surface area contributed by atoms with Gasteiger partial charge in [-0.2, -0.15) is 4.72 Å². The van der Waals surface area contributed by atoms with E-state index in [1.165, 1.54) is 7.11 Å². The molecule has 0 aliphatic rings. The summed E-state index contributed by atoms with van der Waals surface area (Å²) < 4.78 is 43.2. The van der Waals surface area contributed by atoms with Crippen LogP contribution >= 0.6 is 0 Å². The summed E-state index contributed by atoms with van der Waals surface area (Å²) >= 11 is 0. The van der Waals surface area contributed by atoms with Crippen LogP contribution in [0.2, 0.25) is 0 Å². The van der Waals surface area contributed by atoms with Crippen molar-refractivity contribution in [2.24, 2.45) is 0 Å². The lowest BCUT2D eigenvalue weighted by Crippen LogP contribution is -2.40. The number of carbonyl (C=O) groups excluding carboxylic acids is 1. The van der Waals surface area contributed by atoms with Gasteiger partial charge < -0.3 is 4.74 Å². The van der Waals surface area contributed by atoms with E-state index in [4.69, 9.17) is 0 Å². The Labute approximate surface area is 105 Å². The molecule has 1 atom stereocenters. The molecule has 0 heterocycles. The van der Waals surface area contributed by atoms with Gasteiger partial charge in [0.1, 0.15) is 11.9 Å². The van der Waals surface area contributed by atoms with Crippen molar-refractivity contribution in [1.29, 1.82) is 0 Å². The van der Waals surface area contributed by atoms with Crippen LogP contribution in [0.1, 0.15) is 13.3 Å². The Hall–Kier alpha value is -1.47. The highest BCUT2D eigenvalue weighted by Crippen LogP contribution is 2.11. The zero-order chi connectivity index (χ0) is 13.8. The molecule has 1 rings (SSSR count). The first-order chi connectivity index (χ1) is 8.40. The van der Waals surface area contributed by atoms with E-state index in [-0.39, 0.29) is 11.3 Å². The van der Waals surface area contributed by atoms with E-state index in [0.29, 0.717) is 0 Å². The fourth-order valence-corrected chi connectivity index (χ4v) is 2.58. The average molecular weight is 275 g/mol. The first-order valence-corrected chi connectivity index (χ1v) is 6.74. The van der Waals surface area contributed by atoms with Crippen LogP contribution < -0.4 is 4.72 Å². The molecule has 100 valence electrons. The second-order valence-corrected chi connectivity index (χ2v) is 5.27. The second-order valence-electron chi connectivity index (χ2n) is 3.56. The van der Waals surface area contributed by atoms with Crippen molar-refractivity contribution in [3.63, 3.8) is 0 Å². The molecule has 0 amide bonds. The van der Waals surface area contributed by atoms with E-state index in [2.05, 4.69) is 9.46 Å². The van der Waals surface area contributed by atoms with Crippen molar-refractivity contribution >= 4 is 16.0 Å². The lowest BCUT2D eigenvalue weighted by Gasteiger charge is -2.14. The molecular formula is C11H14FNO4S. The molecule has 0 saturated carbocycles. The molecule has 0 bridgehead atoms. The Morgan fingerprint density at radius 1 is 1.39 bits per heavy atom. The number of hydrogen-bond acceptors (Lipinski definition) is 4. The lowest BCUT2D eigenvalue weighted by molar-refractivity contribution is -0.142. The Bertz CT molecular complexity index is 512. The predicted molar refractivity (Wildman–Crippen MR) is 62.8 cm³/mol. The number of esters is 1. The Morgan fingerprint density at radius 3 is 2.39 bits per heavy atom. The van der Waals surface area contributed by atoms with Crippen LogP contribution in [-0.2, 0) is 19.6 Å². The molecular weight excluding hydrogens is 261 g/mol. The average Bonchev–Trinajstić information content (AvgIpc) is 2.35. The van der Waals surface area contributed by atoms with Gasteiger partial charge in [0.05, 0.1) is 12.0 Å². The third-order valence-electron chi connectivity index (χ3n) is 2.32. The number of halogens is 1. The Balaban J connectivity index is 2.94. The molecule has 7 heteroatoms. The maximum absolute atomic E-state index is 12.7. The van der Waals surface area contributed by atoms with Gasteiger partial charge in [-0.25, -0.2) is 12.8 Å². The molecule has 18 heavy (non-hydrogen) atoms. The number of hydrogen-bond donors (Lipinski definition) is 1. The largest absolute Gasteiger partial charge is 0.468 e. The number of benzene rings is 1. The number of nitrogens with one attached hydrogen (secondary N) is 1. The molecule has 0 saturated heterocycles. The van der Waals surface area contributed by atoms with Gasteiger partial charge in [0, 0.05) is 0 Å². The third-order valence-corrected chi connectivity index (χ3v) is 3.80. The highest BCUT2D eigenvalue weighted by molar-refractivity contribution is 7.89. The molecule has 1 aromatic rings. The molecule has 1 aromatic carbocycles. The molecule has 5 nitrogen and oxygen atoms in total. The van der Waals surface area contributed by atoms with Gasteiger partial charge in [-0.3, -0.25) is 4.79 Å². The third kappa shape index (κ3) is 3.51. The number of carbonyl (C=O) groups is 1. The van der Waals surface area contributed by atoms with E-state index in [0.717, 1.165) is 24.3 Å². The molecule has 0 aliphatic heterocycles. The van der Waals surface area contributed by atoms with Gasteiger partial charge in [-0.15, -0.1) is 0 Å². The maximum Gasteiger partial charge on any atom is 0.323 e. The molecule has 0 aliphatic carbocycles. The molecule has 0 spiro atoms. The van der Waals surface area contributed by atoms with Gasteiger partial charge in [0.2, 0.25) is 10.0 Å². The van der Waals surface area contributed by atoms with Crippen LogP contribution in [0.3, 0.4) is 0 Å². The minimum absolute atomic E-state index is 0.105. The van der Waals surface area contributed by atoms with Gasteiger partial charge in [-0.05, 0) is 30.7 Å². The molecule has 0 radical (unpaired) electrons. The van der Waals surface area contributed by atoms with Crippen molar-refractivity contribution in [1.82, 2.24) is 4.72 Å². The van der Waals surface area contributed by atoms with Crippen molar-refractivity contribution in [3.8, 4) is 0 Å². The fraction of sp³-hybridized carbons (Fsp3) is 0.364. The Kier molecular flexibility index (Phi) is 4.80. The highest BCUT2D eigenvalue weighted by Gasteiger charge is 2.24. The topological polar surface area (TPSA) is 72.5 Å². The summed E-state index contributed by atoms with van der Waals surface area (Å²) in [5.74, 6) is -1.20. The van der Waals surface area contributed by atoms with Crippen LogP contribution in [-0.4, -0.2) is 27.5 Å². The standard InChI is InChI=1S/C11H14FNO4S/c1-3-10(11(14)17-2)13-18(15,16)9-6-4-8(12)5-7-9/h4-7,10,13H,3H2,1-2H3. The summed E-state index contributed by atoms with van der Waals surface area (Å²) in [4.78, 5) is 11.2. The maximum atomic E-state index is 12.7. The first-order valence-electron chi connectivity index (χ1n) is 5.26. The van der Waals surface area contributed by atoms with Gasteiger partial charge >= 0.3 is 5.97 Å². The van der Waals surface area contributed by atoms with Crippen molar-refractivity contribution < 1.29 is 22.3 Å². The van der Waals surface area contributed by atoms with Gasteiger partial charge in [-0.1, -0.05) is 6.92 Å². The molecule has 0 aromatic heterocycles.